The largest absolute Gasteiger partial charge is 0.490 e. The summed E-state index contributed by atoms with van der Waals surface area (Å²) in [4.78, 5) is 4.55. The lowest BCUT2D eigenvalue weighted by Gasteiger charge is -2.11. The zero-order valence-corrected chi connectivity index (χ0v) is 17.3. The Labute approximate surface area is 176 Å². The summed E-state index contributed by atoms with van der Waals surface area (Å²) in [7, 11) is 0. The molecule has 0 spiro atoms. The number of fused-ring (bicyclic) bond motifs is 1. The van der Waals surface area contributed by atoms with Crippen LogP contribution in [0.5, 0.6) is 5.75 Å². The van der Waals surface area contributed by atoms with Crippen LogP contribution >= 0.6 is 12.4 Å². The van der Waals surface area contributed by atoms with Crippen molar-refractivity contribution < 1.29 is 9.26 Å². The molecule has 0 unspecified atom stereocenters. The van der Waals surface area contributed by atoms with Crippen molar-refractivity contribution in [2.45, 2.75) is 39.3 Å². The van der Waals surface area contributed by atoms with Crippen LogP contribution in [-0.2, 0) is 13.0 Å². The monoisotopic (exact) mass is 410 g/mol. The number of ether oxygens (including phenoxy) is 1. The predicted molar refractivity (Wildman–Crippen MR) is 113 cm³/mol. The van der Waals surface area contributed by atoms with E-state index in [1.165, 1.54) is 11.1 Å². The van der Waals surface area contributed by atoms with Crippen molar-refractivity contribution >= 4 is 12.4 Å². The van der Waals surface area contributed by atoms with Crippen LogP contribution < -0.4 is 10.1 Å². The van der Waals surface area contributed by atoms with Crippen LogP contribution in [0.3, 0.4) is 0 Å². The molecule has 1 N–H and O–H groups in total. The van der Waals surface area contributed by atoms with E-state index >= 15 is 0 Å². The average Bonchev–Trinajstić information content (AvgIpc) is 3.07. The summed E-state index contributed by atoms with van der Waals surface area (Å²) in [6.07, 6.45) is 2.16. The Balaban J connectivity index is 0.00000240. The van der Waals surface area contributed by atoms with E-state index in [-0.39, 0.29) is 18.5 Å². The first-order chi connectivity index (χ1) is 13.6. The van der Waals surface area contributed by atoms with E-state index in [4.69, 9.17) is 9.26 Å². The number of aryl methyl sites for hydroxylation is 1. The lowest BCUT2D eigenvalue weighted by molar-refractivity contribution is 0.242. The second-order valence-corrected chi connectivity index (χ2v) is 7.18. The number of aromatic nitrogens is 2. The van der Waals surface area contributed by atoms with E-state index in [9.17, 15) is 5.26 Å². The van der Waals surface area contributed by atoms with E-state index < -0.39 is 0 Å². The molecule has 6 nitrogen and oxygen atoms in total. The number of rotatable bonds is 4. The molecule has 2 heterocycles. The van der Waals surface area contributed by atoms with Crippen LogP contribution in [0.1, 0.15) is 37.0 Å². The van der Waals surface area contributed by atoms with Crippen molar-refractivity contribution in [3.63, 3.8) is 0 Å². The number of benzene rings is 2. The van der Waals surface area contributed by atoms with Crippen molar-refractivity contribution in [2.75, 3.05) is 6.54 Å². The molecule has 29 heavy (non-hydrogen) atoms. The molecule has 0 bridgehead atoms. The number of nitrogens with one attached hydrogen (secondary N) is 1. The molecule has 1 aliphatic rings. The molecule has 0 radical (unpaired) electrons. The van der Waals surface area contributed by atoms with Gasteiger partial charge in [-0.2, -0.15) is 10.2 Å². The zero-order chi connectivity index (χ0) is 19.5. The third kappa shape index (κ3) is 4.58. The summed E-state index contributed by atoms with van der Waals surface area (Å²) >= 11 is 0. The fraction of sp³-hybridized carbons (Fsp3) is 0.318. The minimum absolute atomic E-state index is 0. The van der Waals surface area contributed by atoms with Crippen LogP contribution in [-0.4, -0.2) is 22.8 Å². The Bertz CT molecular complexity index is 1040. The van der Waals surface area contributed by atoms with E-state index in [2.05, 4.69) is 33.7 Å². The maximum absolute atomic E-state index is 9.42. The van der Waals surface area contributed by atoms with Crippen LogP contribution in [0, 0.1) is 11.3 Å². The van der Waals surface area contributed by atoms with Crippen molar-refractivity contribution in [1.82, 2.24) is 15.5 Å². The minimum Gasteiger partial charge on any atom is -0.490 e. The Kier molecular flexibility index (Phi) is 6.53. The first-order valence-corrected chi connectivity index (χ1v) is 9.52. The number of hydrogen-bond donors (Lipinski definition) is 1. The maximum Gasteiger partial charge on any atom is 0.258 e. The Morgan fingerprint density at radius 3 is 2.76 bits per heavy atom. The van der Waals surface area contributed by atoms with Gasteiger partial charge in [0.15, 0.2) is 0 Å². The maximum atomic E-state index is 9.42. The standard InChI is InChI=1S/C22H22N4O2.ClH/c1-14(2)27-20-8-7-17(11-19(20)12-23)22-25-21(26-28-22)16-5-6-18-13-24-9-3-4-15(18)10-16;/h5-8,10-11,14,24H,3-4,9,13H2,1-2H3;1H. The number of halogens is 1. The molecule has 0 aliphatic carbocycles. The van der Waals surface area contributed by atoms with Gasteiger partial charge in [0.05, 0.1) is 11.7 Å². The summed E-state index contributed by atoms with van der Waals surface area (Å²) in [6, 6.07) is 13.8. The highest BCUT2D eigenvalue weighted by atomic mass is 35.5. The SMILES string of the molecule is CC(C)Oc1ccc(-c2nc(-c3ccc4c(c3)CCCNC4)no2)cc1C#N.Cl. The summed E-state index contributed by atoms with van der Waals surface area (Å²) in [5.74, 6) is 1.50. The second-order valence-electron chi connectivity index (χ2n) is 7.18. The Morgan fingerprint density at radius 1 is 1.14 bits per heavy atom. The summed E-state index contributed by atoms with van der Waals surface area (Å²) in [5.41, 5.74) is 4.74. The lowest BCUT2D eigenvalue weighted by Crippen LogP contribution is -2.11. The van der Waals surface area contributed by atoms with Gasteiger partial charge in [-0.15, -0.1) is 12.4 Å². The summed E-state index contributed by atoms with van der Waals surface area (Å²) in [5, 5.41) is 17.0. The highest BCUT2D eigenvalue weighted by Crippen LogP contribution is 2.28. The topological polar surface area (TPSA) is 84.0 Å². The van der Waals surface area contributed by atoms with E-state index in [1.807, 2.05) is 26.0 Å². The summed E-state index contributed by atoms with van der Waals surface area (Å²) in [6.45, 7) is 5.79. The molecule has 1 aliphatic heterocycles. The van der Waals surface area contributed by atoms with E-state index in [1.54, 1.807) is 12.1 Å². The molecule has 0 amide bonds. The molecule has 0 saturated carbocycles. The molecule has 150 valence electrons. The van der Waals surface area contributed by atoms with Gasteiger partial charge < -0.3 is 14.6 Å². The van der Waals surface area contributed by atoms with Crippen molar-refractivity contribution in [3.05, 3.63) is 53.1 Å². The highest BCUT2D eigenvalue weighted by molar-refractivity contribution is 5.85. The van der Waals surface area contributed by atoms with Crippen molar-refractivity contribution in [3.8, 4) is 34.7 Å². The van der Waals surface area contributed by atoms with Gasteiger partial charge >= 0.3 is 0 Å². The average molecular weight is 411 g/mol. The molecule has 7 heteroatoms. The van der Waals surface area contributed by atoms with Crippen LogP contribution in [0.25, 0.3) is 22.8 Å². The van der Waals surface area contributed by atoms with Gasteiger partial charge in [0.2, 0.25) is 5.82 Å². The third-order valence-corrected chi connectivity index (χ3v) is 4.72. The predicted octanol–water partition coefficient (Wildman–Crippen LogP) is 4.52. The molecular formula is C22H23ClN4O2. The first kappa shape index (κ1) is 20.8. The fourth-order valence-corrected chi connectivity index (χ4v) is 3.36. The second kappa shape index (κ2) is 9.08. The lowest BCUT2D eigenvalue weighted by atomic mass is 10.0. The highest BCUT2D eigenvalue weighted by Gasteiger charge is 2.15. The third-order valence-electron chi connectivity index (χ3n) is 4.72. The van der Waals surface area contributed by atoms with E-state index in [0.29, 0.717) is 28.6 Å². The van der Waals surface area contributed by atoms with Gasteiger partial charge in [-0.25, -0.2) is 0 Å². The van der Waals surface area contributed by atoms with Gasteiger partial charge in [0, 0.05) is 17.7 Å². The molecule has 0 fully saturated rings. The van der Waals surface area contributed by atoms with Gasteiger partial charge in [-0.1, -0.05) is 17.3 Å². The van der Waals surface area contributed by atoms with Crippen LogP contribution in [0.2, 0.25) is 0 Å². The molecule has 0 atom stereocenters. The molecule has 2 aromatic carbocycles. The fourth-order valence-electron chi connectivity index (χ4n) is 3.36. The molecule has 4 rings (SSSR count). The van der Waals surface area contributed by atoms with Gasteiger partial charge in [0.25, 0.3) is 5.89 Å². The summed E-state index contributed by atoms with van der Waals surface area (Å²) < 4.78 is 11.1. The molecule has 3 aromatic rings. The molecule has 0 saturated heterocycles. The normalized spacial score (nSPS) is 13.2. The Morgan fingerprint density at radius 2 is 1.97 bits per heavy atom. The minimum atomic E-state index is -0.00336. The number of nitrogens with zero attached hydrogens (tertiary/aromatic N) is 3. The Hall–Kier alpha value is -2.88. The van der Waals surface area contributed by atoms with E-state index in [0.717, 1.165) is 31.5 Å². The van der Waals surface area contributed by atoms with Crippen molar-refractivity contribution in [2.24, 2.45) is 0 Å². The first-order valence-electron chi connectivity index (χ1n) is 9.52. The molecular weight excluding hydrogens is 388 g/mol. The zero-order valence-electron chi connectivity index (χ0n) is 16.4. The van der Waals surface area contributed by atoms with Gasteiger partial charge in [-0.3, -0.25) is 0 Å². The number of hydrogen-bond acceptors (Lipinski definition) is 6. The van der Waals surface area contributed by atoms with Crippen LogP contribution in [0.4, 0.5) is 0 Å². The van der Waals surface area contributed by atoms with Crippen LogP contribution in [0.15, 0.2) is 40.9 Å². The van der Waals surface area contributed by atoms with Gasteiger partial charge in [0.1, 0.15) is 11.8 Å². The quantitative estimate of drug-likeness (QED) is 0.680. The molecule has 1 aromatic heterocycles. The number of nitriles is 1. The van der Waals surface area contributed by atoms with Gasteiger partial charge in [-0.05, 0) is 68.6 Å². The smallest absolute Gasteiger partial charge is 0.258 e. The van der Waals surface area contributed by atoms with Crippen molar-refractivity contribution in [1.29, 1.82) is 5.26 Å².